The monoisotopic (exact) mass is 1040 g/mol. The van der Waals surface area contributed by atoms with E-state index in [0.717, 1.165) is 6.07 Å². The van der Waals surface area contributed by atoms with Gasteiger partial charge in [-0.3, -0.25) is 19.0 Å². The van der Waals surface area contributed by atoms with Crippen LogP contribution in [0.3, 0.4) is 0 Å². The Morgan fingerprint density at radius 3 is 1.54 bits per heavy atom. The van der Waals surface area contributed by atoms with Gasteiger partial charge in [-0.1, -0.05) is 65.7 Å². The van der Waals surface area contributed by atoms with Crippen molar-refractivity contribution in [2.75, 3.05) is 61.7 Å². The molecule has 4 aromatic rings. The van der Waals surface area contributed by atoms with Crippen LogP contribution in [0.1, 0.15) is 71.4 Å². The molecule has 2 aliphatic heterocycles. The van der Waals surface area contributed by atoms with Crippen LogP contribution in [0.25, 0.3) is 0 Å². The largest absolute Gasteiger partial charge is 0.462 e. The number of amides is 2. The van der Waals surface area contributed by atoms with Gasteiger partial charge in [-0.05, 0) is 87.4 Å². The molecule has 0 atom stereocenters. The summed E-state index contributed by atoms with van der Waals surface area (Å²) in [5.74, 6) is -3.76. The van der Waals surface area contributed by atoms with E-state index in [0.29, 0.717) is 94.5 Å². The van der Waals surface area contributed by atoms with Gasteiger partial charge in [-0.25, -0.2) is 40.8 Å². The summed E-state index contributed by atoms with van der Waals surface area (Å²) in [4.78, 5) is 61.9. The summed E-state index contributed by atoms with van der Waals surface area (Å²) in [5, 5.41) is 1.68. The predicted octanol–water partition coefficient (Wildman–Crippen LogP) is 7.13. The van der Waals surface area contributed by atoms with Crippen molar-refractivity contribution in [1.82, 2.24) is 19.4 Å². The second kappa shape index (κ2) is 24.6. The molecule has 362 valence electrons. The standard InChI is InChI=1S/C22H25Cl2N3O5S2.C22H26FN3O5S2/c1-3-32-22(29)17-12-18(24)19(25-21(17)33-2)27-10-8-15(9-11-27)20(28)26-34(30,31)13-14-4-6-16(23)7-5-14;1-3-31-22(28)17-13-18(23)19(24-21(17)32-2)26-11-9-16(10-12-26)20(27)25-33(29,30)14-15-7-5-4-6-8-15/h4-7,12,15H,3,8-11,13H2,1-2H3,(H,26,28);4-8,13,16H,3,9-12,14H2,1-2H3,(H,25,27). The van der Waals surface area contributed by atoms with Crippen LogP contribution in [0.4, 0.5) is 16.0 Å². The molecule has 6 rings (SSSR count). The van der Waals surface area contributed by atoms with Crippen molar-refractivity contribution in [2.24, 2.45) is 11.8 Å². The molecule has 2 aliphatic rings. The quantitative estimate of drug-likeness (QED) is 0.0844. The molecule has 0 radical (unpaired) electrons. The first-order valence-electron chi connectivity index (χ1n) is 21.1. The number of piperidine rings is 2. The lowest BCUT2D eigenvalue weighted by atomic mass is 9.96. The predicted molar refractivity (Wildman–Crippen MR) is 258 cm³/mol. The summed E-state index contributed by atoms with van der Waals surface area (Å²) in [6.45, 7) is 5.40. The second-order valence-electron chi connectivity index (χ2n) is 15.2. The number of pyridine rings is 2. The number of carbonyl (C=O) groups excluding carboxylic acids is 4. The Kier molecular flexibility index (Phi) is 19.5. The van der Waals surface area contributed by atoms with Gasteiger partial charge >= 0.3 is 11.9 Å². The molecule has 0 bridgehead atoms. The van der Waals surface area contributed by atoms with E-state index in [2.05, 4.69) is 19.4 Å². The molecular formula is C44H51Cl2FN6O10S4. The Morgan fingerprint density at radius 2 is 1.09 bits per heavy atom. The van der Waals surface area contributed by atoms with Gasteiger partial charge in [0.05, 0.1) is 40.9 Å². The number of ether oxygens (including phenoxy) is 2. The summed E-state index contributed by atoms with van der Waals surface area (Å²) in [6.07, 6.45) is 5.12. The third-order valence-electron chi connectivity index (χ3n) is 10.5. The fraction of sp³-hybridized carbons (Fsp3) is 0.409. The summed E-state index contributed by atoms with van der Waals surface area (Å²) in [5.41, 5.74) is 1.51. The highest BCUT2D eigenvalue weighted by atomic mass is 35.5. The van der Waals surface area contributed by atoms with E-state index in [1.807, 2.05) is 11.2 Å². The van der Waals surface area contributed by atoms with Crippen LogP contribution in [-0.2, 0) is 50.6 Å². The minimum atomic E-state index is -3.83. The molecule has 2 aromatic carbocycles. The number of nitrogens with zero attached hydrogens (tertiary/aromatic N) is 4. The van der Waals surface area contributed by atoms with Crippen LogP contribution < -0.4 is 19.2 Å². The van der Waals surface area contributed by atoms with Gasteiger partial charge < -0.3 is 19.3 Å². The highest BCUT2D eigenvalue weighted by molar-refractivity contribution is 7.98. The van der Waals surface area contributed by atoms with Crippen molar-refractivity contribution < 1.29 is 49.9 Å². The molecule has 67 heavy (non-hydrogen) atoms. The molecular weight excluding hydrogens is 991 g/mol. The minimum Gasteiger partial charge on any atom is -0.462 e. The number of anilines is 2. The van der Waals surface area contributed by atoms with E-state index in [9.17, 15) is 40.4 Å². The topological polar surface area (TPSA) is 211 Å². The van der Waals surface area contributed by atoms with Crippen LogP contribution in [-0.4, -0.2) is 102 Å². The van der Waals surface area contributed by atoms with Crippen LogP contribution in [0.5, 0.6) is 0 Å². The van der Waals surface area contributed by atoms with Crippen LogP contribution >= 0.6 is 46.7 Å². The maximum atomic E-state index is 14.8. The van der Waals surface area contributed by atoms with E-state index >= 15 is 0 Å². The zero-order valence-electron chi connectivity index (χ0n) is 37.1. The smallest absolute Gasteiger partial charge is 0.340 e. The fourth-order valence-electron chi connectivity index (χ4n) is 7.24. The fourth-order valence-corrected chi connectivity index (χ4v) is 11.1. The molecule has 0 saturated carbocycles. The molecule has 16 nitrogen and oxygen atoms in total. The van der Waals surface area contributed by atoms with E-state index in [-0.39, 0.29) is 36.1 Å². The van der Waals surface area contributed by atoms with Crippen molar-refractivity contribution in [3.63, 3.8) is 0 Å². The first kappa shape index (κ1) is 53.3. The normalized spacial score (nSPS) is 14.7. The molecule has 2 N–H and O–H groups in total. The van der Waals surface area contributed by atoms with E-state index in [4.69, 9.17) is 32.7 Å². The Labute approximate surface area is 408 Å². The summed E-state index contributed by atoms with van der Waals surface area (Å²) < 4.78 is 78.7. The number of rotatable bonds is 16. The Balaban J connectivity index is 0.000000251. The zero-order valence-corrected chi connectivity index (χ0v) is 41.9. The lowest BCUT2D eigenvalue weighted by Crippen LogP contribution is -2.43. The third-order valence-corrected chi connectivity index (χ3v) is 14.9. The number of thioether (sulfide) groups is 2. The van der Waals surface area contributed by atoms with Crippen molar-refractivity contribution >= 4 is 102 Å². The van der Waals surface area contributed by atoms with Crippen molar-refractivity contribution in [2.45, 2.75) is 61.1 Å². The molecule has 2 amide bonds. The van der Waals surface area contributed by atoms with Gasteiger partial charge in [0.1, 0.15) is 15.9 Å². The van der Waals surface area contributed by atoms with E-state index < -0.39 is 61.5 Å². The molecule has 2 fully saturated rings. The molecule has 2 saturated heterocycles. The number of halogens is 3. The highest BCUT2D eigenvalue weighted by Gasteiger charge is 2.32. The Hall–Kier alpha value is -4.67. The first-order chi connectivity index (χ1) is 31.9. The average Bonchev–Trinajstić information content (AvgIpc) is 3.30. The number of esters is 2. The molecule has 0 unspecified atom stereocenters. The number of benzene rings is 2. The summed E-state index contributed by atoms with van der Waals surface area (Å²) >= 11 is 14.8. The maximum Gasteiger partial charge on any atom is 0.340 e. The maximum absolute atomic E-state index is 14.8. The zero-order chi connectivity index (χ0) is 48.9. The number of hydrogen-bond acceptors (Lipinski definition) is 16. The lowest BCUT2D eigenvalue weighted by Gasteiger charge is -2.32. The number of hydrogen-bond donors (Lipinski definition) is 2. The highest BCUT2D eigenvalue weighted by Crippen LogP contribution is 2.34. The number of aromatic nitrogens is 2. The molecule has 2 aromatic heterocycles. The van der Waals surface area contributed by atoms with Gasteiger partial charge in [-0.2, -0.15) is 0 Å². The summed E-state index contributed by atoms with van der Waals surface area (Å²) in [7, 11) is -7.65. The number of carbonyl (C=O) groups is 4. The number of sulfonamides is 2. The minimum absolute atomic E-state index is 0.0727. The van der Waals surface area contributed by atoms with Crippen LogP contribution in [0.2, 0.25) is 10.0 Å². The molecule has 4 heterocycles. The summed E-state index contributed by atoms with van der Waals surface area (Å²) in [6, 6.07) is 17.7. The van der Waals surface area contributed by atoms with E-state index in [1.54, 1.807) is 85.7 Å². The number of nitrogens with one attached hydrogen (secondary N) is 2. The van der Waals surface area contributed by atoms with E-state index in [1.165, 1.54) is 23.5 Å². The van der Waals surface area contributed by atoms with Gasteiger partial charge in [0.2, 0.25) is 31.9 Å². The van der Waals surface area contributed by atoms with Crippen molar-refractivity contribution in [1.29, 1.82) is 0 Å². The Bertz CT molecular complexity index is 2620. The third kappa shape index (κ3) is 15.2. The van der Waals surface area contributed by atoms with Crippen LogP contribution in [0.15, 0.2) is 76.8 Å². The van der Waals surface area contributed by atoms with Crippen molar-refractivity contribution in [3.8, 4) is 0 Å². The van der Waals surface area contributed by atoms with Gasteiger partial charge in [-0.15, -0.1) is 23.5 Å². The molecule has 0 aliphatic carbocycles. The SMILES string of the molecule is CCOC(=O)c1cc(Cl)c(N2CCC(C(=O)NS(=O)(=O)Cc3ccc(Cl)cc3)CC2)nc1SC.CCOC(=O)c1cc(F)c(N2CCC(C(=O)NS(=O)(=O)Cc3ccccc3)CC2)nc1SC. The Morgan fingerprint density at radius 1 is 0.672 bits per heavy atom. The van der Waals surface area contributed by atoms with Crippen LogP contribution in [0, 0.1) is 17.7 Å². The first-order valence-corrected chi connectivity index (χ1v) is 27.6. The average molecular weight is 1040 g/mol. The second-order valence-corrected chi connectivity index (χ2v) is 21.1. The van der Waals surface area contributed by atoms with Gasteiger partial charge in [0.25, 0.3) is 0 Å². The van der Waals surface area contributed by atoms with Gasteiger partial charge in [0.15, 0.2) is 11.6 Å². The van der Waals surface area contributed by atoms with Gasteiger partial charge in [0, 0.05) is 43.0 Å². The molecule has 0 spiro atoms. The molecule has 23 heteroatoms. The van der Waals surface area contributed by atoms with Crippen molar-refractivity contribution in [3.05, 3.63) is 105 Å². The lowest BCUT2D eigenvalue weighted by molar-refractivity contribution is -0.124.